The molecule has 1 rings (SSSR count). The second kappa shape index (κ2) is 4.03. The van der Waals surface area contributed by atoms with Gasteiger partial charge in [-0.25, -0.2) is 0 Å². The van der Waals surface area contributed by atoms with Crippen molar-refractivity contribution in [1.82, 2.24) is 0 Å². The van der Waals surface area contributed by atoms with E-state index in [0.29, 0.717) is 10.8 Å². The lowest BCUT2D eigenvalue weighted by atomic mass is 10.2. The molecule has 2 nitrogen and oxygen atoms in total. The lowest BCUT2D eigenvalue weighted by molar-refractivity contribution is 0.415. The van der Waals surface area contributed by atoms with Gasteiger partial charge in [-0.1, -0.05) is 17.7 Å². The molecule has 1 aromatic carbocycles. The van der Waals surface area contributed by atoms with Gasteiger partial charge in [0, 0.05) is 0 Å². The standard InChI is InChI=1S/C8H10ClNOS/c1-11-7-3-2-5(8(10)12)4-6(7)9/h2-4,8,12H,10H2,1H3. The molecule has 1 atom stereocenters. The van der Waals surface area contributed by atoms with Crippen molar-refractivity contribution in [3.05, 3.63) is 28.8 Å². The van der Waals surface area contributed by atoms with E-state index >= 15 is 0 Å². The molecule has 1 unspecified atom stereocenters. The van der Waals surface area contributed by atoms with E-state index in [9.17, 15) is 0 Å². The maximum atomic E-state index is 5.86. The van der Waals surface area contributed by atoms with E-state index < -0.39 is 0 Å². The normalized spacial score (nSPS) is 12.7. The van der Waals surface area contributed by atoms with Crippen molar-refractivity contribution in [3.63, 3.8) is 0 Å². The summed E-state index contributed by atoms with van der Waals surface area (Å²) in [6.45, 7) is 0. The number of thiol groups is 1. The molecule has 0 saturated carbocycles. The lowest BCUT2D eigenvalue weighted by Gasteiger charge is -2.07. The quantitative estimate of drug-likeness (QED) is 0.571. The van der Waals surface area contributed by atoms with E-state index in [-0.39, 0.29) is 5.37 Å². The monoisotopic (exact) mass is 203 g/mol. The lowest BCUT2D eigenvalue weighted by Crippen LogP contribution is -2.01. The Morgan fingerprint density at radius 3 is 2.67 bits per heavy atom. The average Bonchev–Trinajstić information content (AvgIpc) is 2.04. The number of ether oxygens (including phenoxy) is 1. The second-order valence-electron chi connectivity index (χ2n) is 2.34. The highest BCUT2D eigenvalue weighted by molar-refractivity contribution is 7.80. The predicted molar refractivity (Wildman–Crippen MR) is 53.9 cm³/mol. The van der Waals surface area contributed by atoms with Gasteiger partial charge in [-0.05, 0) is 17.7 Å². The fourth-order valence-electron chi connectivity index (χ4n) is 0.867. The summed E-state index contributed by atoms with van der Waals surface area (Å²) >= 11 is 9.94. The van der Waals surface area contributed by atoms with Crippen LogP contribution >= 0.6 is 24.2 Å². The van der Waals surface area contributed by atoms with Crippen LogP contribution in [0.1, 0.15) is 10.9 Å². The average molecular weight is 204 g/mol. The molecule has 0 aliphatic rings. The summed E-state index contributed by atoms with van der Waals surface area (Å²) in [6, 6.07) is 5.36. The minimum Gasteiger partial charge on any atom is -0.495 e. The van der Waals surface area contributed by atoms with E-state index in [1.165, 1.54) is 0 Å². The molecule has 4 heteroatoms. The van der Waals surface area contributed by atoms with Crippen molar-refractivity contribution >= 4 is 24.2 Å². The van der Waals surface area contributed by atoms with Crippen LogP contribution in [-0.4, -0.2) is 7.11 Å². The van der Waals surface area contributed by atoms with E-state index in [1.54, 1.807) is 19.2 Å². The molecule has 0 aliphatic carbocycles. The zero-order valence-corrected chi connectivity index (χ0v) is 8.27. The second-order valence-corrected chi connectivity index (χ2v) is 3.30. The van der Waals surface area contributed by atoms with Crippen molar-refractivity contribution in [2.75, 3.05) is 7.11 Å². The molecule has 0 amide bonds. The van der Waals surface area contributed by atoms with Crippen molar-refractivity contribution in [2.24, 2.45) is 5.73 Å². The highest BCUT2D eigenvalue weighted by atomic mass is 35.5. The molecule has 0 saturated heterocycles. The fourth-order valence-corrected chi connectivity index (χ4v) is 1.29. The summed E-state index contributed by atoms with van der Waals surface area (Å²) in [5, 5.41) is 0.257. The Labute approximate surface area is 82.1 Å². The highest BCUT2D eigenvalue weighted by Crippen LogP contribution is 2.27. The van der Waals surface area contributed by atoms with E-state index in [2.05, 4.69) is 12.6 Å². The maximum Gasteiger partial charge on any atom is 0.137 e. The van der Waals surface area contributed by atoms with Crippen molar-refractivity contribution < 1.29 is 4.74 Å². The smallest absolute Gasteiger partial charge is 0.137 e. The number of halogens is 1. The third-order valence-electron chi connectivity index (χ3n) is 1.52. The van der Waals surface area contributed by atoms with Crippen molar-refractivity contribution in [3.8, 4) is 5.75 Å². The molecule has 66 valence electrons. The first-order chi connectivity index (χ1) is 5.65. The fraction of sp³-hybridized carbons (Fsp3) is 0.250. The first-order valence-electron chi connectivity index (χ1n) is 3.42. The van der Waals surface area contributed by atoms with Crippen LogP contribution in [0.2, 0.25) is 5.02 Å². The SMILES string of the molecule is COc1ccc(C(N)S)cc1Cl. The summed E-state index contributed by atoms with van der Waals surface area (Å²) in [4.78, 5) is 0. The number of hydrogen-bond acceptors (Lipinski definition) is 3. The summed E-state index contributed by atoms with van der Waals surface area (Å²) < 4.78 is 4.98. The molecular formula is C8H10ClNOS. The topological polar surface area (TPSA) is 35.2 Å². The molecule has 0 radical (unpaired) electrons. The van der Waals surface area contributed by atoms with Crippen LogP contribution in [0.5, 0.6) is 5.75 Å². The molecule has 12 heavy (non-hydrogen) atoms. The van der Waals surface area contributed by atoms with Crippen molar-refractivity contribution in [2.45, 2.75) is 5.37 Å². The maximum absolute atomic E-state index is 5.86. The van der Waals surface area contributed by atoms with Crippen LogP contribution in [0, 0.1) is 0 Å². The molecule has 0 fully saturated rings. The van der Waals surface area contributed by atoms with Gasteiger partial charge in [0.15, 0.2) is 0 Å². The number of benzene rings is 1. The molecule has 2 N–H and O–H groups in total. The number of rotatable bonds is 2. The van der Waals surface area contributed by atoms with Crippen LogP contribution in [0.4, 0.5) is 0 Å². The first-order valence-corrected chi connectivity index (χ1v) is 4.31. The minimum atomic E-state index is -0.298. The summed E-state index contributed by atoms with van der Waals surface area (Å²) in [7, 11) is 1.57. The van der Waals surface area contributed by atoms with Crippen LogP contribution < -0.4 is 10.5 Å². The van der Waals surface area contributed by atoms with Crippen LogP contribution in [0.15, 0.2) is 18.2 Å². The van der Waals surface area contributed by atoms with Crippen LogP contribution in [-0.2, 0) is 0 Å². The van der Waals surface area contributed by atoms with E-state index in [1.807, 2.05) is 6.07 Å². The van der Waals surface area contributed by atoms with Gasteiger partial charge in [-0.3, -0.25) is 0 Å². The van der Waals surface area contributed by atoms with Crippen LogP contribution in [0.25, 0.3) is 0 Å². The van der Waals surface area contributed by atoms with Crippen LogP contribution in [0.3, 0.4) is 0 Å². The van der Waals surface area contributed by atoms with Gasteiger partial charge >= 0.3 is 0 Å². The van der Waals surface area contributed by atoms with Gasteiger partial charge < -0.3 is 10.5 Å². The number of hydrogen-bond donors (Lipinski definition) is 2. The predicted octanol–water partition coefficient (Wildman–Crippen LogP) is 2.24. The van der Waals surface area contributed by atoms with Gasteiger partial charge in [0.25, 0.3) is 0 Å². The Balaban J connectivity index is 3.02. The number of nitrogens with two attached hydrogens (primary N) is 1. The first kappa shape index (κ1) is 9.71. The number of methoxy groups -OCH3 is 1. The Morgan fingerprint density at radius 1 is 1.58 bits per heavy atom. The molecule has 0 aliphatic heterocycles. The minimum absolute atomic E-state index is 0.298. The zero-order chi connectivity index (χ0) is 9.14. The Hall–Kier alpha value is -0.380. The summed E-state index contributed by atoms with van der Waals surface area (Å²) in [5.41, 5.74) is 6.42. The summed E-state index contributed by atoms with van der Waals surface area (Å²) in [6.07, 6.45) is 0. The molecule has 1 aromatic rings. The Morgan fingerprint density at radius 2 is 2.25 bits per heavy atom. The molecule has 0 aromatic heterocycles. The molecule has 0 spiro atoms. The van der Waals surface area contributed by atoms with E-state index in [4.69, 9.17) is 22.1 Å². The highest BCUT2D eigenvalue weighted by Gasteiger charge is 2.04. The zero-order valence-electron chi connectivity index (χ0n) is 6.62. The Bertz CT molecular complexity index is 278. The third-order valence-corrected chi connectivity index (χ3v) is 2.11. The summed E-state index contributed by atoms with van der Waals surface area (Å²) in [5.74, 6) is 0.648. The largest absolute Gasteiger partial charge is 0.495 e. The van der Waals surface area contributed by atoms with Gasteiger partial charge in [-0.15, -0.1) is 0 Å². The Kier molecular flexibility index (Phi) is 3.26. The van der Waals surface area contributed by atoms with Gasteiger partial charge in [0.05, 0.1) is 17.5 Å². The third kappa shape index (κ3) is 2.06. The van der Waals surface area contributed by atoms with Gasteiger partial charge in [0.2, 0.25) is 0 Å². The van der Waals surface area contributed by atoms with Gasteiger partial charge in [-0.2, -0.15) is 12.6 Å². The molecular weight excluding hydrogens is 194 g/mol. The van der Waals surface area contributed by atoms with Gasteiger partial charge in [0.1, 0.15) is 5.75 Å². The van der Waals surface area contributed by atoms with Crippen molar-refractivity contribution in [1.29, 1.82) is 0 Å². The van der Waals surface area contributed by atoms with E-state index in [0.717, 1.165) is 5.56 Å². The molecule has 0 bridgehead atoms. The molecule has 0 heterocycles.